The van der Waals surface area contributed by atoms with Gasteiger partial charge < -0.3 is 19.4 Å². The average Bonchev–Trinajstić information content (AvgIpc) is 3.15. The van der Waals surface area contributed by atoms with Crippen LogP contribution in [0.3, 0.4) is 0 Å². The number of rotatable bonds is 5. The number of aromatic nitrogens is 1. The molecule has 0 aliphatic carbocycles. The summed E-state index contributed by atoms with van der Waals surface area (Å²) in [4.78, 5) is 30.9. The molecular weight excluding hydrogens is 459 g/mol. The van der Waals surface area contributed by atoms with Gasteiger partial charge in [0.25, 0.3) is 5.91 Å². The van der Waals surface area contributed by atoms with Crippen molar-refractivity contribution in [3.05, 3.63) is 95.6 Å². The number of ether oxygens (including phenoxy) is 2. The van der Waals surface area contributed by atoms with E-state index < -0.39 is 17.7 Å². The lowest BCUT2D eigenvalue weighted by atomic mass is 9.99. The topological polar surface area (TPSA) is 71.6 Å². The van der Waals surface area contributed by atoms with Gasteiger partial charge in [0.2, 0.25) is 0 Å². The van der Waals surface area contributed by atoms with Crippen molar-refractivity contribution in [1.29, 1.82) is 0 Å². The first-order valence-electron chi connectivity index (χ1n) is 11.7. The number of benzene rings is 3. The number of halogens is 1. The molecule has 1 amide bonds. The molecule has 1 N–H and O–H groups in total. The number of nitrogens with one attached hydrogen (secondary N) is 1. The van der Waals surface area contributed by atoms with Crippen molar-refractivity contribution in [1.82, 2.24) is 9.88 Å². The predicted molar refractivity (Wildman–Crippen MR) is 136 cm³/mol. The summed E-state index contributed by atoms with van der Waals surface area (Å²) >= 11 is 0. The Balaban J connectivity index is 1.60. The van der Waals surface area contributed by atoms with Gasteiger partial charge in [0.15, 0.2) is 0 Å². The number of carbonyl (C=O) groups excluding carboxylic acids is 2. The van der Waals surface area contributed by atoms with Crippen molar-refractivity contribution in [2.24, 2.45) is 0 Å². The summed E-state index contributed by atoms with van der Waals surface area (Å²) in [6.07, 6.45) is 1.94. The number of carbonyl (C=O) groups is 2. The largest absolute Gasteiger partial charge is 0.497 e. The van der Waals surface area contributed by atoms with E-state index in [-0.39, 0.29) is 24.3 Å². The molecule has 182 valence electrons. The maximum Gasteiger partial charge on any atom is 0.341 e. The van der Waals surface area contributed by atoms with Gasteiger partial charge in [-0.15, -0.1) is 0 Å². The smallest absolute Gasteiger partial charge is 0.341 e. The summed E-state index contributed by atoms with van der Waals surface area (Å²) in [5, 5.41) is 0.945. The van der Waals surface area contributed by atoms with Crippen molar-refractivity contribution in [3.63, 3.8) is 0 Å². The van der Waals surface area contributed by atoms with Crippen LogP contribution in [0.2, 0.25) is 0 Å². The molecule has 1 aliphatic heterocycles. The van der Waals surface area contributed by atoms with Gasteiger partial charge in [0, 0.05) is 23.6 Å². The number of methoxy groups -OCH3 is 1. The Morgan fingerprint density at radius 2 is 1.83 bits per heavy atom. The normalized spacial score (nSPS) is 13.1. The highest BCUT2D eigenvalue weighted by Gasteiger charge is 2.28. The molecule has 1 aromatic heterocycles. The van der Waals surface area contributed by atoms with Crippen LogP contribution in [0.4, 0.5) is 4.39 Å². The second-order valence-corrected chi connectivity index (χ2v) is 8.46. The molecule has 7 heteroatoms. The summed E-state index contributed by atoms with van der Waals surface area (Å²) in [6, 6.07) is 19.7. The molecular formula is C29H25FN2O4. The van der Waals surface area contributed by atoms with Crippen molar-refractivity contribution in [3.8, 4) is 16.9 Å². The van der Waals surface area contributed by atoms with Crippen LogP contribution in [0.1, 0.15) is 28.5 Å². The number of aromatic amines is 1. The minimum atomic E-state index is -0.607. The maximum atomic E-state index is 14.4. The molecule has 6 nitrogen and oxygen atoms in total. The van der Waals surface area contributed by atoms with Crippen LogP contribution >= 0.6 is 0 Å². The number of fused-ring (bicyclic) bond motifs is 3. The van der Waals surface area contributed by atoms with E-state index in [1.54, 1.807) is 20.1 Å². The Morgan fingerprint density at radius 1 is 1.03 bits per heavy atom. The Bertz CT molecular complexity index is 1500. The number of H-pyrrole nitrogens is 1. The van der Waals surface area contributed by atoms with Crippen molar-refractivity contribution >= 4 is 28.4 Å². The van der Waals surface area contributed by atoms with Crippen LogP contribution < -0.4 is 4.74 Å². The lowest BCUT2D eigenvalue weighted by molar-refractivity contribution is -0.136. The first-order valence-corrected chi connectivity index (χ1v) is 11.7. The standard InChI is InChI=1S/C29H25FN2O4/c1-3-36-29(34)24-17-32(28(33)22-9-4-5-10-25(22)30)14-13-21-23-16-19(11-12-26(23)31-27(21)24)18-7-6-8-20(15-18)35-2/h4-12,15-17,31H,3,13-14H2,1-2H3. The fourth-order valence-electron chi connectivity index (χ4n) is 4.55. The molecule has 4 aromatic rings. The Labute approximate surface area is 208 Å². The highest BCUT2D eigenvalue weighted by atomic mass is 19.1. The predicted octanol–water partition coefficient (Wildman–Crippen LogP) is 5.59. The highest BCUT2D eigenvalue weighted by Crippen LogP contribution is 2.35. The number of esters is 1. The molecule has 0 saturated heterocycles. The Morgan fingerprint density at radius 3 is 2.61 bits per heavy atom. The van der Waals surface area contributed by atoms with E-state index in [1.165, 1.54) is 29.3 Å². The second kappa shape index (κ2) is 9.70. The van der Waals surface area contributed by atoms with Gasteiger partial charge in [-0.05, 0) is 66.4 Å². The molecule has 0 bridgehead atoms. The monoisotopic (exact) mass is 484 g/mol. The van der Waals surface area contributed by atoms with E-state index in [4.69, 9.17) is 9.47 Å². The third-order valence-electron chi connectivity index (χ3n) is 6.33. The van der Waals surface area contributed by atoms with E-state index in [2.05, 4.69) is 11.1 Å². The van der Waals surface area contributed by atoms with Crippen molar-refractivity contribution in [2.75, 3.05) is 20.3 Å². The summed E-state index contributed by atoms with van der Waals surface area (Å²) in [5.41, 5.74) is 4.55. The molecule has 36 heavy (non-hydrogen) atoms. The van der Waals surface area contributed by atoms with Gasteiger partial charge in [0.05, 0.1) is 30.5 Å². The zero-order valence-electron chi connectivity index (χ0n) is 20.0. The number of nitrogens with zero attached hydrogens (tertiary/aromatic N) is 1. The van der Waals surface area contributed by atoms with E-state index in [0.717, 1.165) is 33.3 Å². The molecule has 5 rings (SSSR count). The van der Waals surface area contributed by atoms with E-state index in [9.17, 15) is 14.0 Å². The summed E-state index contributed by atoms with van der Waals surface area (Å²) in [7, 11) is 1.63. The van der Waals surface area contributed by atoms with Gasteiger partial charge in [-0.3, -0.25) is 4.79 Å². The molecule has 2 heterocycles. The van der Waals surface area contributed by atoms with Gasteiger partial charge in [-0.2, -0.15) is 0 Å². The molecule has 0 saturated carbocycles. The summed E-state index contributed by atoms with van der Waals surface area (Å²) < 4.78 is 25.1. The highest BCUT2D eigenvalue weighted by molar-refractivity contribution is 6.18. The van der Waals surface area contributed by atoms with Gasteiger partial charge >= 0.3 is 5.97 Å². The van der Waals surface area contributed by atoms with Gasteiger partial charge in [0.1, 0.15) is 11.6 Å². The third kappa shape index (κ3) is 4.24. The van der Waals surface area contributed by atoms with E-state index in [1.807, 2.05) is 36.4 Å². The second-order valence-electron chi connectivity index (χ2n) is 8.46. The first kappa shape index (κ1) is 23.4. The lowest BCUT2D eigenvalue weighted by Crippen LogP contribution is -2.28. The minimum absolute atomic E-state index is 0.0484. The Kier molecular flexibility index (Phi) is 6.29. The Hall–Kier alpha value is -4.39. The van der Waals surface area contributed by atoms with Crippen LogP contribution in [0.15, 0.2) is 72.9 Å². The van der Waals surface area contributed by atoms with E-state index in [0.29, 0.717) is 12.1 Å². The van der Waals surface area contributed by atoms with Crippen LogP contribution in [-0.2, 0) is 16.0 Å². The molecule has 0 radical (unpaired) electrons. The van der Waals surface area contributed by atoms with E-state index >= 15 is 0 Å². The SMILES string of the molecule is CCOC(=O)C1=CN(C(=O)c2ccccc2F)CCc2c1[nH]c1ccc(-c3cccc(OC)c3)cc21. The summed E-state index contributed by atoms with van der Waals surface area (Å²) in [5.74, 6) is -0.909. The van der Waals surface area contributed by atoms with Crippen molar-refractivity contribution < 1.29 is 23.5 Å². The molecule has 0 unspecified atom stereocenters. The fourth-order valence-corrected chi connectivity index (χ4v) is 4.55. The molecule has 0 atom stereocenters. The third-order valence-corrected chi connectivity index (χ3v) is 6.33. The molecule has 1 aliphatic rings. The van der Waals surface area contributed by atoms with Gasteiger partial charge in [-0.25, -0.2) is 9.18 Å². The molecule has 0 spiro atoms. The first-order chi connectivity index (χ1) is 17.5. The minimum Gasteiger partial charge on any atom is -0.497 e. The number of amides is 1. The molecule has 0 fully saturated rings. The van der Waals surface area contributed by atoms with Crippen LogP contribution in [0.25, 0.3) is 27.6 Å². The zero-order valence-corrected chi connectivity index (χ0v) is 20.0. The van der Waals surface area contributed by atoms with Crippen LogP contribution in [-0.4, -0.2) is 42.0 Å². The van der Waals surface area contributed by atoms with Gasteiger partial charge in [-0.1, -0.05) is 30.3 Å². The lowest BCUT2D eigenvalue weighted by Gasteiger charge is -2.18. The number of hydrogen-bond acceptors (Lipinski definition) is 4. The number of hydrogen-bond donors (Lipinski definition) is 1. The zero-order chi connectivity index (χ0) is 25.2. The molecule has 3 aromatic carbocycles. The maximum absolute atomic E-state index is 14.4. The van der Waals surface area contributed by atoms with Crippen molar-refractivity contribution in [2.45, 2.75) is 13.3 Å². The quantitative estimate of drug-likeness (QED) is 0.375. The fraction of sp³-hybridized carbons (Fsp3) is 0.172. The average molecular weight is 485 g/mol. The van der Waals surface area contributed by atoms with Crippen LogP contribution in [0.5, 0.6) is 5.75 Å². The summed E-state index contributed by atoms with van der Waals surface area (Å²) in [6.45, 7) is 2.19. The van der Waals surface area contributed by atoms with Crippen LogP contribution in [0, 0.1) is 5.82 Å².